The smallest absolute Gasteiger partial charge is 0.338 e. The highest BCUT2D eigenvalue weighted by Gasteiger charge is 2.27. The van der Waals surface area contributed by atoms with E-state index in [0.717, 1.165) is 10.2 Å². The number of hydrogen-bond acceptors (Lipinski definition) is 7. The predicted octanol–water partition coefficient (Wildman–Crippen LogP) is 6.54. The molecule has 44 heavy (non-hydrogen) atoms. The summed E-state index contributed by atoms with van der Waals surface area (Å²) in [6, 6.07) is 20.5. The van der Waals surface area contributed by atoms with Crippen molar-refractivity contribution in [3.63, 3.8) is 0 Å². The van der Waals surface area contributed by atoms with Crippen molar-refractivity contribution >= 4 is 34.9 Å². The van der Waals surface area contributed by atoms with Crippen LogP contribution in [-0.2, 0) is 16.0 Å². The molecule has 4 rings (SSSR count). The molecule has 9 nitrogen and oxygen atoms in total. The van der Waals surface area contributed by atoms with Gasteiger partial charge in [0, 0.05) is 28.8 Å². The molecule has 1 aromatic heterocycles. The van der Waals surface area contributed by atoms with Crippen molar-refractivity contribution in [2.45, 2.75) is 52.7 Å². The first kappa shape index (κ1) is 32.2. The molecule has 1 heterocycles. The van der Waals surface area contributed by atoms with Crippen molar-refractivity contribution in [2.24, 2.45) is 0 Å². The Morgan fingerprint density at radius 2 is 1.64 bits per heavy atom. The molecule has 3 aromatic carbocycles. The number of nitrogens with zero attached hydrogens (tertiary/aromatic N) is 2. The Morgan fingerprint density at radius 3 is 2.25 bits per heavy atom. The lowest BCUT2D eigenvalue weighted by Gasteiger charge is -2.21. The Kier molecular flexibility index (Phi) is 10.0. The Labute approximate surface area is 260 Å². The monoisotopic (exact) mass is 615 g/mol. The average molecular weight is 616 g/mol. The van der Waals surface area contributed by atoms with Gasteiger partial charge < -0.3 is 14.8 Å². The fourth-order valence-electron chi connectivity index (χ4n) is 4.54. The van der Waals surface area contributed by atoms with E-state index in [1.54, 1.807) is 70.2 Å². The Bertz CT molecular complexity index is 1730. The summed E-state index contributed by atoms with van der Waals surface area (Å²) in [5.41, 5.74) is 1.37. The molecular formula is C34H34ClN3O6. The number of ketones is 1. The second-order valence-corrected chi connectivity index (χ2v) is 11.5. The third-order valence-corrected chi connectivity index (χ3v) is 6.75. The lowest BCUT2D eigenvalue weighted by molar-refractivity contribution is -0.119. The number of aromatic nitrogens is 2. The zero-order chi connectivity index (χ0) is 32.0. The van der Waals surface area contributed by atoms with Crippen LogP contribution in [0.15, 0.2) is 83.7 Å². The number of carbonyl (C=O) groups excluding carboxylic acids is 3. The van der Waals surface area contributed by atoms with Crippen LogP contribution in [0.25, 0.3) is 11.1 Å². The van der Waals surface area contributed by atoms with Crippen molar-refractivity contribution in [1.29, 1.82) is 0 Å². The Morgan fingerprint density at radius 1 is 0.955 bits per heavy atom. The summed E-state index contributed by atoms with van der Waals surface area (Å²) in [7, 11) is 0. The Balaban J connectivity index is 1.74. The van der Waals surface area contributed by atoms with Crippen LogP contribution in [0.5, 0.6) is 5.88 Å². The number of esters is 1. The topological polar surface area (TPSA) is 117 Å². The molecular weight excluding hydrogens is 582 g/mol. The van der Waals surface area contributed by atoms with E-state index < -0.39 is 29.1 Å². The largest absolute Gasteiger partial charge is 0.477 e. The van der Waals surface area contributed by atoms with Crippen LogP contribution < -0.4 is 15.6 Å². The van der Waals surface area contributed by atoms with Gasteiger partial charge in [-0.05, 0) is 88.2 Å². The average Bonchev–Trinajstić information content (AvgIpc) is 2.96. The maximum atomic E-state index is 13.8. The molecule has 0 spiro atoms. The van der Waals surface area contributed by atoms with Crippen LogP contribution in [0, 0.1) is 0 Å². The molecule has 0 unspecified atom stereocenters. The van der Waals surface area contributed by atoms with E-state index in [2.05, 4.69) is 10.4 Å². The highest BCUT2D eigenvalue weighted by atomic mass is 35.5. The van der Waals surface area contributed by atoms with Crippen molar-refractivity contribution in [3.8, 4) is 17.0 Å². The van der Waals surface area contributed by atoms with E-state index in [9.17, 15) is 19.2 Å². The first-order valence-electron chi connectivity index (χ1n) is 14.1. The zero-order valence-electron chi connectivity index (χ0n) is 25.2. The van der Waals surface area contributed by atoms with Gasteiger partial charge in [0.15, 0.2) is 5.78 Å². The Hall–Kier alpha value is -4.76. The number of anilines is 1. The van der Waals surface area contributed by atoms with Crippen molar-refractivity contribution < 1.29 is 23.9 Å². The standard InChI is InChI=1S/C34H34ClN3O6/c1-6-43-32-28(27-19-24(35)14-17-26(27)21(2)39)20-30(40)38(37-32)29(18-22-10-8-7-9-11-22)31(41)36-25-15-12-23(13-16-25)33(42)44-34(3,4)5/h7-17,19-20,29H,6,18H2,1-5H3,(H,36,41)/t29-/m0/s1. The minimum Gasteiger partial charge on any atom is -0.477 e. The van der Waals surface area contributed by atoms with Gasteiger partial charge in [0.1, 0.15) is 11.6 Å². The summed E-state index contributed by atoms with van der Waals surface area (Å²) in [4.78, 5) is 52.3. The van der Waals surface area contributed by atoms with Gasteiger partial charge in [-0.2, -0.15) is 0 Å². The predicted molar refractivity (Wildman–Crippen MR) is 170 cm³/mol. The fraction of sp³-hybridized carbons (Fsp3) is 0.265. The second-order valence-electron chi connectivity index (χ2n) is 11.1. The molecule has 0 saturated heterocycles. The number of Topliss-reactive ketones (excluding diaryl/α,β-unsaturated/α-hetero) is 1. The van der Waals surface area contributed by atoms with Gasteiger partial charge in [0.2, 0.25) is 11.8 Å². The minimum atomic E-state index is -1.07. The zero-order valence-corrected chi connectivity index (χ0v) is 26.0. The highest BCUT2D eigenvalue weighted by Crippen LogP contribution is 2.33. The number of amides is 1. The maximum Gasteiger partial charge on any atom is 0.338 e. The second kappa shape index (κ2) is 13.7. The van der Waals surface area contributed by atoms with Crippen LogP contribution in [0.4, 0.5) is 5.69 Å². The molecule has 4 aromatic rings. The number of ether oxygens (including phenoxy) is 2. The minimum absolute atomic E-state index is 0.0736. The van der Waals surface area contributed by atoms with E-state index in [1.165, 1.54) is 13.0 Å². The van der Waals surface area contributed by atoms with E-state index in [0.29, 0.717) is 27.4 Å². The van der Waals surface area contributed by atoms with Gasteiger partial charge >= 0.3 is 5.97 Å². The van der Waals surface area contributed by atoms with Crippen molar-refractivity contribution in [1.82, 2.24) is 9.78 Å². The van der Waals surface area contributed by atoms with Crippen LogP contribution in [0.3, 0.4) is 0 Å². The molecule has 0 saturated carbocycles. The summed E-state index contributed by atoms with van der Waals surface area (Å²) >= 11 is 6.25. The number of hydrogen-bond donors (Lipinski definition) is 1. The number of benzene rings is 3. The van der Waals surface area contributed by atoms with Crippen LogP contribution in [0.2, 0.25) is 5.02 Å². The van der Waals surface area contributed by atoms with E-state index in [1.807, 2.05) is 30.3 Å². The van der Waals surface area contributed by atoms with Gasteiger partial charge in [-0.3, -0.25) is 14.4 Å². The molecule has 0 aliphatic heterocycles. The molecule has 0 fully saturated rings. The van der Waals surface area contributed by atoms with Gasteiger partial charge in [-0.15, -0.1) is 5.10 Å². The molecule has 0 bridgehead atoms. The lowest BCUT2D eigenvalue weighted by Crippen LogP contribution is -2.36. The van der Waals surface area contributed by atoms with Gasteiger partial charge in [0.25, 0.3) is 5.56 Å². The molecule has 0 aliphatic carbocycles. The summed E-state index contributed by atoms with van der Waals surface area (Å²) in [5.74, 6) is -1.13. The third-order valence-electron chi connectivity index (χ3n) is 6.51. The quantitative estimate of drug-likeness (QED) is 0.159. The van der Waals surface area contributed by atoms with Crippen molar-refractivity contribution in [3.05, 3.63) is 111 Å². The SMILES string of the molecule is CCOc1nn([C@@H](Cc2ccccc2)C(=O)Nc2ccc(C(=O)OC(C)(C)C)cc2)c(=O)cc1-c1cc(Cl)ccc1C(C)=O. The normalized spacial score (nSPS) is 11.9. The number of nitrogens with one attached hydrogen (secondary N) is 1. The fourth-order valence-corrected chi connectivity index (χ4v) is 4.71. The number of rotatable bonds is 10. The van der Waals surface area contributed by atoms with Gasteiger partial charge in [-0.25, -0.2) is 9.48 Å². The molecule has 10 heteroatoms. The van der Waals surface area contributed by atoms with Gasteiger partial charge in [0.05, 0.1) is 17.7 Å². The van der Waals surface area contributed by atoms with E-state index >= 15 is 0 Å². The van der Waals surface area contributed by atoms with Gasteiger partial charge in [-0.1, -0.05) is 41.9 Å². The summed E-state index contributed by atoms with van der Waals surface area (Å²) in [6.07, 6.45) is 0.149. The number of carbonyl (C=O) groups is 3. The van der Waals surface area contributed by atoms with Crippen LogP contribution in [0.1, 0.15) is 66.9 Å². The first-order chi connectivity index (χ1) is 20.9. The van der Waals surface area contributed by atoms with Crippen LogP contribution >= 0.6 is 11.6 Å². The molecule has 1 amide bonds. The molecule has 1 N–H and O–H groups in total. The molecule has 228 valence electrons. The molecule has 0 radical (unpaired) electrons. The van der Waals surface area contributed by atoms with Crippen molar-refractivity contribution in [2.75, 3.05) is 11.9 Å². The van der Waals surface area contributed by atoms with E-state index in [-0.39, 0.29) is 30.3 Å². The maximum absolute atomic E-state index is 13.8. The third kappa shape index (κ3) is 7.99. The molecule has 0 aliphatic rings. The number of halogens is 1. The summed E-state index contributed by atoms with van der Waals surface area (Å²) in [5, 5.41) is 7.71. The van der Waals surface area contributed by atoms with E-state index in [4.69, 9.17) is 21.1 Å². The summed E-state index contributed by atoms with van der Waals surface area (Å²) < 4.78 is 12.3. The highest BCUT2D eigenvalue weighted by molar-refractivity contribution is 6.31. The first-order valence-corrected chi connectivity index (χ1v) is 14.5. The summed E-state index contributed by atoms with van der Waals surface area (Å²) in [6.45, 7) is 8.74. The van der Waals surface area contributed by atoms with Crippen LogP contribution in [-0.4, -0.2) is 39.6 Å². The lowest BCUT2D eigenvalue weighted by atomic mass is 9.98. The molecule has 1 atom stereocenters.